The predicted molar refractivity (Wildman–Crippen MR) is 75.2 cm³/mol. The second-order valence-corrected chi connectivity index (χ2v) is 5.34. The Morgan fingerprint density at radius 2 is 2.00 bits per heavy atom. The van der Waals surface area contributed by atoms with Gasteiger partial charge in [-0.05, 0) is 51.4 Å². The van der Waals surface area contributed by atoms with Crippen molar-refractivity contribution in [1.29, 1.82) is 0 Å². The molecule has 0 spiro atoms. The lowest BCUT2D eigenvalue weighted by Crippen LogP contribution is -2.30. The fourth-order valence-electron chi connectivity index (χ4n) is 1.77. The van der Waals surface area contributed by atoms with Gasteiger partial charge in [0.05, 0.1) is 5.60 Å². The zero-order valence-electron chi connectivity index (χ0n) is 12.5. The lowest BCUT2D eigenvalue weighted by Gasteiger charge is -2.24. The van der Waals surface area contributed by atoms with E-state index < -0.39 is 6.61 Å². The first-order valence-corrected chi connectivity index (χ1v) is 6.67. The molecule has 0 aromatic heterocycles. The van der Waals surface area contributed by atoms with Gasteiger partial charge in [-0.3, -0.25) is 0 Å². The first kappa shape index (κ1) is 16.9. The number of rotatable bonds is 8. The van der Waals surface area contributed by atoms with E-state index in [1.54, 1.807) is 19.2 Å². The summed E-state index contributed by atoms with van der Waals surface area (Å²) < 4.78 is 34.1. The first-order valence-electron chi connectivity index (χ1n) is 6.67. The largest absolute Gasteiger partial charge is 0.435 e. The van der Waals surface area contributed by atoms with Gasteiger partial charge in [-0.1, -0.05) is 12.1 Å². The number of halogens is 2. The highest BCUT2D eigenvalue weighted by atomic mass is 19.3. The van der Waals surface area contributed by atoms with Crippen LogP contribution in [0.5, 0.6) is 5.75 Å². The maximum Gasteiger partial charge on any atom is 0.387 e. The molecule has 5 heteroatoms. The summed E-state index contributed by atoms with van der Waals surface area (Å²) in [5.41, 5.74) is 0.742. The molecular weight excluding hydrogens is 264 g/mol. The van der Waals surface area contributed by atoms with Gasteiger partial charge < -0.3 is 14.8 Å². The molecule has 0 aliphatic heterocycles. The molecule has 1 atom stereocenters. The fourth-order valence-corrected chi connectivity index (χ4v) is 1.77. The van der Waals surface area contributed by atoms with Gasteiger partial charge in [0.25, 0.3) is 0 Å². The summed E-state index contributed by atoms with van der Waals surface area (Å²) in [4.78, 5) is 0. The summed E-state index contributed by atoms with van der Waals surface area (Å²) in [6, 6.07) is 6.81. The third kappa shape index (κ3) is 5.84. The fraction of sp³-hybridized carbons (Fsp3) is 0.600. The second-order valence-electron chi connectivity index (χ2n) is 5.34. The third-order valence-corrected chi connectivity index (χ3v) is 3.31. The van der Waals surface area contributed by atoms with Crippen molar-refractivity contribution in [2.24, 2.45) is 0 Å². The topological polar surface area (TPSA) is 30.5 Å². The Labute approximate surface area is 119 Å². The van der Waals surface area contributed by atoms with Crippen molar-refractivity contribution in [3.8, 4) is 5.75 Å². The summed E-state index contributed by atoms with van der Waals surface area (Å²) in [7, 11) is 1.69. The van der Waals surface area contributed by atoms with Gasteiger partial charge in [-0.25, -0.2) is 0 Å². The number of methoxy groups -OCH3 is 1. The van der Waals surface area contributed by atoms with Gasteiger partial charge in [0.2, 0.25) is 0 Å². The highest BCUT2D eigenvalue weighted by Gasteiger charge is 2.16. The van der Waals surface area contributed by atoms with Crippen LogP contribution in [0.3, 0.4) is 0 Å². The highest BCUT2D eigenvalue weighted by molar-refractivity contribution is 5.30. The van der Waals surface area contributed by atoms with E-state index in [0.29, 0.717) is 0 Å². The van der Waals surface area contributed by atoms with Gasteiger partial charge in [-0.2, -0.15) is 8.78 Å². The average Bonchev–Trinajstić information content (AvgIpc) is 2.38. The summed E-state index contributed by atoms with van der Waals surface area (Å²) >= 11 is 0. The van der Waals surface area contributed by atoms with Crippen molar-refractivity contribution in [2.45, 2.75) is 45.4 Å². The molecule has 1 aromatic rings. The molecule has 0 fully saturated rings. The van der Waals surface area contributed by atoms with E-state index in [1.807, 2.05) is 26.8 Å². The normalized spacial score (nSPS) is 13.6. The Bertz CT molecular complexity index is 411. The Kier molecular flexibility index (Phi) is 6.36. The third-order valence-electron chi connectivity index (χ3n) is 3.31. The molecule has 114 valence electrons. The van der Waals surface area contributed by atoms with Crippen LogP contribution in [0.15, 0.2) is 24.3 Å². The molecule has 1 N–H and O–H groups in total. The quantitative estimate of drug-likeness (QED) is 0.790. The molecule has 1 rings (SSSR count). The molecule has 20 heavy (non-hydrogen) atoms. The minimum Gasteiger partial charge on any atom is -0.435 e. The van der Waals surface area contributed by atoms with Crippen LogP contribution < -0.4 is 10.1 Å². The lowest BCUT2D eigenvalue weighted by atomic mass is 10.0. The van der Waals surface area contributed by atoms with Gasteiger partial charge in [-0.15, -0.1) is 0 Å². The Morgan fingerprint density at radius 3 is 2.60 bits per heavy atom. The van der Waals surface area contributed by atoms with E-state index in [0.717, 1.165) is 18.5 Å². The van der Waals surface area contributed by atoms with Crippen LogP contribution in [-0.4, -0.2) is 25.9 Å². The van der Waals surface area contributed by atoms with Crippen LogP contribution in [0.25, 0.3) is 0 Å². The van der Waals surface area contributed by atoms with Crippen molar-refractivity contribution in [2.75, 3.05) is 13.7 Å². The van der Waals surface area contributed by atoms with E-state index in [2.05, 4.69) is 10.1 Å². The van der Waals surface area contributed by atoms with Crippen molar-refractivity contribution >= 4 is 0 Å². The molecule has 0 amide bonds. The van der Waals surface area contributed by atoms with Crippen LogP contribution in [-0.2, 0) is 4.74 Å². The van der Waals surface area contributed by atoms with Gasteiger partial charge in [0, 0.05) is 13.2 Å². The van der Waals surface area contributed by atoms with Crippen molar-refractivity contribution in [1.82, 2.24) is 5.32 Å². The first-order chi connectivity index (χ1) is 9.34. The number of ether oxygens (including phenoxy) is 2. The molecule has 0 saturated heterocycles. The lowest BCUT2D eigenvalue weighted by molar-refractivity contribution is -0.0499. The van der Waals surface area contributed by atoms with E-state index in [9.17, 15) is 8.78 Å². The summed E-state index contributed by atoms with van der Waals surface area (Å²) in [5.74, 6) is 0.184. The van der Waals surface area contributed by atoms with Crippen LogP contribution >= 0.6 is 0 Å². The number of alkyl halides is 2. The zero-order valence-corrected chi connectivity index (χ0v) is 12.5. The summed E-state index contributed by atoms with van der Waals surface area (Å²) in [5, 5.41) is 3.35. The molecule has 0 heterocycles. The van der Waals surface area contributed by atoms with Crippen molar-refractivity contribution in [3.05, 3.63) is 29.8 Å². The number of hydrogen-bond donors (Lipinski definition) is 1. The van der Waals surface area contributed by atoms with Crippen LogP contribution in [0.1, 0.15) is 38.8 Å². The van der Waals surface area contributed by atoms with Gasteiger partial charge >= 0.3 is 6.61 Å². The molecule has 0 bridgehead atoms. The van der Waals surface area contributed by atoms with Gasteiger partial charge in [0.15, 0.2) is 0 Å². The predicted octanol–water partition coefficient (Wildman–Crippen LogP) is 3.75. The molecular formula is C15H23F2NO2. The van der Waals surface area contributed by atoms with Crippen molar-refractivity contribution in [3.63, 3.8) is 0 Å². The smallest absolute Gasteiger partial charge is 0.387 e. The Hall–Kier alpha value is -1.20. The number of hydrogen-bond acceptors (Lipinski definition) is 3. The maximum absolute atomic E-state index is 12.2. The van der Waals surface area contributed by atoms with Gasteiger partial charge in [0.1, 0.15) is 5.75 Å². The molecule has 1 unspecified atom stereocenters. The standard InChI is InChI=1S/C15H23F2NO2/c1-11(18-9-8-15(2,3)19-4)12-6-5-7-13(10-12)20-14(16)17/h5-7,10-11,14,18H,8-9H2,1-4H3. The summed E-state index contributed by atoms with van der Waals surface area (Å²) in [6.07, 6.45) is 0.862. The van der Waals surface area contributed by atoms with E-state index in [4.69, 9.17) is 4.74 Å². The molecule has 3 nitrogen and oxygen atoms in total. The van der Waals surface area contributed by atoms with Crippen LogP contribution in [0.2, 0.25) is 0 Å². The molecule has 0 saturated carbocycles. The van der Waals surface area contributed by atoms with E-state index >= 15 is 0 Å². The van der Waals surface area contributed by atoms with Crippen LogP contribution in [0, 0.1) is 0 Å². The highest BCUT2D eigenvalue weighted by Crippen LogP contribution is 2.21. The van der Waals surface area contributed by atoms with Crippen molar-refractivity contribution < 1.29 is 18.3 Å². The monoisotopic (exact) mass is 287 g/mol. The minimum absolute atomic E-state index is 0.0591. The second kappa shape index (κ2) is 7.55. The molecule has 0 aliphatic rings. The number of nitrogens with one attached hydrogen (secondary N) is 1. The zero-order chi connectivity index (χ0) is 15.2. The Morgan fingerprint density at radius 1 is 1.30 bits per heavy atom. The molecule has 1 aromatic carbocycles. The van der Waals surface area contributed by atoms with E-state index in [1.165, 1.54) is 6.07 Å². The summed E-state index contributed by atoms with van der Waals surface area (Å²) in [6.45, 7) is 4.02. The molecule has 0 aliphatic carbocycles. The van der Waals surface area contributed by atoms with Crippen LogP contribution in [0.4, 0.5) is 8.78 Å². The Balaban J connectivity index is 2.53. The van der Waals surface area contributed by atoms with E-state index in [-0.39, 0.29) is 17.4 Å². The molecule has 0 radical (unpaired) electrons. The maximum atomic E-state index is 12.2. The SMILES string of the molecule is COC(C)(C)CCNC(C)c1cccc(OC(F)F)c1. The minimum atomic E-state index is -2.80. The average molecular weight is 287 g/mol. The number of benzene rings is 1.